The number of rotatable bonds is 5. The van der Waals surface area contributed by atoms with Gasteiger partial charge in [-0.2, -0.15) is 0 Å². The predicted octanol–water partition coefficient (Wildman–Crippen LogP) is 1.47. The molecule has 0 aromatic carbocycles. The first kappa shape index (κ1) is 15.2. The van der Waals surface area contributed by atoms with Crippen LogP contribution in [-0.2, 0) is 13.1 Å². The molecule has 0 amide bonds. The summed E-state index contributed by atoms with van der Waals surface area (Å²) < 4.78 is 0. The fourth-order valence-electron chi connectivity index (χ4n) is 1.65. The molecule has 2 aromatic rings. The van der Waals surface area contributed by atoms with Crippen molar-refractivity contribution < 1.29 is 0 Å². The Morgan fingerprint density at radius 3 is 2.57 bits per heavy atom. The topological polar surface area (TPSA) is 65.4 Å². The normalized spacial score (nSPS) is 11.3. The molecular formula is C14H20N6S. The molecule has 0 bridgehead atoms. The number of hydrogen-bond donors (Lipinski definition) is 2. The van der Waals surface area contributed by atoms with E-state index < -0.39 is 0 Å². The molecule has 2 heterocycles. The first-order chi connectivity index (χ1) is 10.2. The SMILES string of the molecule is CN=C(NCc1ccccn1)NCc1csc(N(C)C)n1. The molecular weight excluding hydrogens is 284 g/mol. The second-order valence-electron chi connectivity index (χ2n) is 4.62. The Kier molecular flexibility index (Phi) is 5.51. The summed E-state index contributed by atoms with van der Waals surface area (Å²) in [5, 5.41) is 9.53. The van der Waals surface area contributed by atoms with Crippen LogP contribution < -0.4 is 15.5 Å². The zero-order chi connectivity index (χ0) is 15.1. The van der Waals surface area contributed by atoms with Crippen molar-refractivity contribution in [3.63, 3.8) is 0 Å². The van der Waals surface area contributed by atoms with Crippen molar-refractivity contribution in [3.8, 4) is 0 Å². The molecule has 0 radical (unpaired) electrons. The van der Waals surface area contributed by atoms with Crippen LogP contribution >= 0.6 is 11.3 Å². The fourth-order valence-corrected chi connectivity index (χ4v) is 2.41. The minimum atomic E-state index is 0.639. The molecule has 2 N–H and O–H groups in total. The Morgan fingerprint density at radius 2 is 2.00 bits per heavy atom. The quantitative estimate of drug-likeness (QED) is 0.647. The minimum Gasteiger partial charge on any atom is -0.354 e. The lowest BCUT2D eigenvalue weighted by molar-refractivity contribution is 0.785. The summed E-state index contributed by atoms with van der Waals surface area (Å²) >= 11 is 1.63. The number of pyridine rings is 1. The third kappa shape index (κ3) is 4.71. The molecule has 0 saturated carbocycles. The van der Waals surface area contributed by atoms with E-state index in [1.54, 1.807) is 24.6 Å². The third-order valence-electron chi connectivity index (χ3n) is 2.75. The van der Waals surface area contributed by atoms with Crippen molar-refractivity contribution in [2.24, 2.45) is 4.99 Å². The average Bonchev–Trinajstić information content (AvgIpc) is 2.98. The summed E-state index contributed by atoms with van der Waals surface area (Å²) in [6.07, 6.45) is 1.78. The van der Waals surface area contributed by atoms with Crippen molar-refractivity contribution in [3.05, 3.63) is 41.2 Å². The van der Waals surface area contributed by atoms with Crippen LogP contribution in [-0.4, -0.2) is 37.1 Å². The number of aliphatic imine (C=N–C) groups is 1. The Morgan fingerprint density at radius 1 is 1.24 bits per heavy atom. The number of guanidine groups is 1. The smallest absolute Gasteiger partial charge is 0.191 e. The molecule has 7 heteroatoms. The highest BCUT2D eigenvalue weighted by atomic mass is 32.1. The van der Waals surface area contributed by atoms with Crippen molar-refractivity contribution in [2.75, 3.05) is 26.0 Å². The van der Waals surface area contributed by atoms with Crippen molar-refractivity contribution in [2.45, 2.75) is 13.1 Å². The second-order valence-corrected chi connectivity index (χ2v) is 5.45. The Labute approximate surface area is 129 Å². The molecule has 21 heavy (non-hydrogen) atoms. The summed E-state index contributed by atoms with van der Waals surface area (Å²) in [6.45, 7) is 1.28. The maximum Gasteiger partial charge on any atom is 0.191 e. The Hall–Kier alpha value is -2.15. The van der Waals surface area contributed by atoms with Gasteiger partial charge in [-0.15, -0.1) is 11.3 Å². The molecule has 0 fully saturated rings. The molecule has 0 aliphatic rings. The van der Waals surface area contributed by atoms with E-state index in [4.69, 9.17) is 0 Å². The molecule has 0 saturated heterocycles. The van der Waals surface area contributed by atoms with Gasteiger partial charge >= 0.3 is 0 Å². The van der Waals surface area contributed by atoms with Gasteiger partial charge in [0.25, 0.3) is 0 Å². The molecule has 2 rings (SSSR count). The van der Waals surface area contributed by atoms with Crippen LogP contribution in [0.15, 0.2) is 34.8 Å². The van der Waals surface area contributed by atoms with Gasteiger partial charge in [0.2, 0.25) is 0 Å². The summed E-state index contributed by atoms with van der Waals surface area (Å²) in [4.78, 5) is 15.0. The molecule has 0 unspecified atom stereocenters. The lowest BCUT2D eigenvalue weighted by Gasteiger charge is -2.10. The Bertz CT molecular complexity index is 578. The number of hydrogen-bond acceptors (Lipinski definition) is 5. The zero-order valence-electron chi connectivity index (χ0n) is 12.5. The van der Waals surface area contributed by atoms with Crippen LogP contribution in [0.4, 0.5) is 5.13 Å². The van der Waals surface area contributed by atoms with E-state index in [0.717, 1.165) is 22.5 Å². The summed E-state index contributed by atoms with van der Waals surface area (Å²) in [6, 6.07) is 5.85. The fraction of sp³-hybridized carbons (Fsp3) is 0.357. The van der Waals surface area contributed by atoms with Crippen LogP contribution in [0.25, 0.3) is 0 Å². The predicted molar refractivity (Wildman–Crippen MR) is 87.7 cm³/mol. The number of aromatic nitrogens is 2. The van der Waals surface area contributed by atoms with Gasteiger partial charge < -0.3 is 15.5 Å². The maximum absolute atomic E-state index is 4.52. The number of anilines is 1. The first-order valence-electron chi connectivity index (χ1n) is 6.65. The highest BCUT2D eigenvalue weighted by Crippen LogP contribution is 2.17. The molecule has 0 aliphatic heterocycles. The molecule has 0 atom stereocenters. The minimum absolute atomic E-state index is 0.639. The maximum atomic E-state index is 4.52. The van der Waals surface area contributed by atoms with E-state index in [9.17, 15) is 0 Å². The van der Waals surface area contributed by atoms with Crippen molar-refractivity contribution >= 4 is 22.4 Å². The number of nitrogens with one attached hydrogen (secondary N) is 2. The van der Waals surface area contributed by atoms with Gasteiger partial charge in [0, 0.05) is 32.7 Å². The molecule has 112 valence electrons. The molecule has 2 aromatic heterocycles. The van der Waals surface area contributed by atoms with Crippen molar-refractivity contribution in [1.29, 1.82) is 0 Å². The van der Waals surface area contributed by atoms with E-state index in [0.29, 0.717) is 13.1 Å². The summed E-state index contributed by atoms with van der Waals surface area (Å²) in [5.74, 6) is 0.736. The van der Waals surface area contributed by atoms with E-state index in [-0.39, 0.29) is 0 Å². The van der Waals surface area contributed by atoms with Crippen LogP contribution in [0.5, 0.6) is 0 Å². The van der Waals surface area contributed by atoms with Gasteiger partial charge in [0.05, 0.1) is 24.5 Å². The van der Waals surface area contributed by atoms with Gasteiger partial charge in [0.1, 0.15) is 0 Å². The van der Waals surface area contributed by atoms with E-state index in [2.05, 4.69) is 25.6 Å². The Balaban J connectivity index is 1.82. The lowest BCUT2D eigenvalue weighted by Crippen LogP contribution is -2.36. The van der Waals surface area contributed by atoms with Crippen LogP contribution in [0, 0.1) is 0 Å². The second kappa shape index (κ2) is 7.58. The standard InChI is InChI=1S/C14H20N6S/c1-15-13(17-8-11-6-4-5-7-16-11)18-9-12-10-21-14(19-12)20(2)3/h4-7,10H,8-9H2,1-3H3,(H2,15,17,18). The first-order valence-corrected chi connectivity index (χ1v) is 7.53. The van der Waals surface area contributed by atoms with E-state index >= 15 is 0 Å². The van der Waals surface area contributed by atoms with Crippen LogP contribution in [0.3, 0.4) is 0 Å². The molecule has 0 spiro atoms. The van der Waals surface area contributed by atoms with Gasteiger partial charge in [-0.05, 0) is 12.1 Å². The van der Waals surface area contributed by atoms with E-state index in [1.807, 2.05) is 42.6 Å². The number of thiazole rings is 1. The van der Waals surface area contributed by atoms with Crippen LogP contribution in [0.2, 0.25) is 0 Å². The van der Waals surface area contributed by atoms with Gasteiger partial charge in [-0.3, -0.25) is 9.98 Å². The molecule has 0 aliphatic carbocycles. The monoisotopic (exact) mass is 304 g/mol. The number of nitrogens with zero attached hydrogens (tertiary/aromatic N) is 4. The van der Waals surface area contributed by atoms with E-state index in [1.165, 1.54) is 0 Å². The van der Waals surface area contributed by atoms with Gasteiger partial charge in [0.15, 0.2) is 11.1 Å². The summed E-state index contributed by atoms with van der Waals surface area (Å²) in [7, 11) is 5.73. The van der Waals surface area contributed by atoms with Crippen molar-refractivity contribution in [1.82, 2.24) is 20.6 Å². The van der Waals surface area contributed by atoms with Gasteiger partial charge in [-0.1, -0.05) is 6.07 Å². The highest BCUT2D eigenvalue weighted by molar-refractivity contribution is 7.13. The lowest BCUT2D eigenvalue weighted by atomic mass is 10.3. The summed E-state index contributed by atoms with van der Waals surface area (Å²) in [5.41, 5.74) is 1.98. The molecule has 6 nitrogen and oxygen atoms in total. The van der Waals surface area contributed by atoms with Gasteiger partial charge in [-0.25, -0.2) is 4.98 Å². The average molecular weight is 304 g/mol. The third-order valence-corrected chi connectivity index (χ3v) is 3.80. The highest BCUT2D eigenvalue weighted by Gasteiger charge is 2.04. The van der Waals surface area contributed by atoms with Crippen LogP contribution in [0.1, 0.15) is 11.4 Å². The zero-order valence-corrected chi connectivity index (χ0v) is 13.3. The largest absolute Gasteiger partial charge is 0.354 e.